The monoisotopic (exact) mass is 627 g/mol. The van der Waals surface area contributed by atoms with E-state index in [1.165, 1.54) is 9.80 Å². The van der Waals surface area contributed by atoms with Crippen molar-refractivity contribution in [1.82, 2.24) is 9.80 Å². The predicted molar refractivity (Wildman–Crippen MR) is 160 cm³/mol. The summed E-state index contributed by atoms with van der Waals surface area (Å²) < 4.78 is 14.4. The van der Waals surface area contributed by atoms with Crippen molar-refractivity contribution in [2.75, 3.05) is 25.6 Å². The Morgan fingerprint density at radius 2 is 1.71 bits per heavy atom. The van der Waals surface area contributed by atoms with E-state index in [0.717, 1.165) is 11.1 Å². The highest BCUT2D eigenvalue weighted by Gasteiger charge is 2.45. The lowest BCUT2D eigenvalue weighted by Gasteiger charge is -2.30. The first-order valence-corrected chi connectivity index (χ1v) is 14.4. The standard InChI is InChI=1S/C29H36Cl3N3O6/c1-6-20-9-7-8-10-23(20)33-25(36)24-15-21(17-35(24)27(38)41-28(2,3)4)34(26(37)40-18-29(30,31)32)16-19-11-13-22(39-5)14-12-19/h7-14,21,24H,6,15-18H2,1-5H3,(H,33,36)/t21-,24-/m0/s1. The largest absolute Gasteiger partial charge is 0.497 e. The van der Waals surface area contributed by atoms with Gasteiger partial charge in [0.2, 0.25) is 9.70 Å². The Labute approximate surface area is 255 Å². The lowest BCUT2D eigenvalue weighted by Crippen LogP contribution is -2.46. The molecule has 1 aliphatic rings. The van der Waals surface area contributed by atoms with E-state index in [1.807, 2.05) is 31.2 Å². The van der Waals surface area contributed by atoms with Crippen LogP contribution >= 0.6 is 34.8 Å². The number of anilines is 1. The number of benzene rings is 2. The molecule has 0 bridgehead atoms. The van der Waals surface area contributed by atoms with Gasteiger partial charge in [0.1, 0.15) is 24.0 Å². The normalized spacial score (nSPS) is 17.1. The third-order valence-corrected chi connectivity index (χ3v) is 6.74. The number of hydrogen-bond donors (Lipinski definition) is 1. The van der Waals surface area contributed by atoms with Crippen molar-refractivity contribution in [3.63, 3.8) is 0 Å². The van der Waals surface area contributed by atoms with E-state index >= 15 is 0 Å². The smallest absolute Gasteiger partial charge is 0.411 e. The van der Waals surface area contributed by atoms with E-state index in [9.17, 15) is 14.4 Å². The van der Waals surface area contributed by atoms with Crippen molar-refractivity contribution in [1.29, 1.82) is 0 Å². The maximum absolute atomic E-state index is 13.6. The van der Waals surface area contributed by atoms with Gasteiger partial charge >= 0.3 is 12.2 Å². The molecule has 1 saturated heterocycles. The number of nitrogens with one attached hydrogen (secondary N) is 1. The molecule has 9 nitrogen and oxygen atoms in total. The van der Waals surface area contributed by atoms with Crippen LogP contribution in [0.1, 0.15) is 45.2 Å². The van der Waals surface area contributed by atoms with Gasteiger partial charge in [-0.2, -0.15) is 0 Å². The number of carbonyl (C=O) groups excluding carboxylic acids is 3. The molecule has 41 heavy (non-hydrogen) atoms. The number of amides is 3. The van der Waals surface area contributed by atoms with Crippen LogP contribution in [0.2, 0.25) is 0 Å². The summed E-state index contributed by atoms with van der Waals surface area (Å²) in [5.41, 5.74) is 1.59. The fraction of sp³-hybridized carbons (Fsp3) is 0.483. The van der Waals surface area contributed by atoms with Crippen LogP contribution in [-0.2, 0) is 27.2 Å². The molecule has 1 heterocycles. The zero-order valence-corrected chi connectivity index (χ0v) is 26.1. The number of hydrogen-bond acceptors (Lipinski definition) is 6. The highest BCUT2D eigenvalue weighted by molar-refractivity contribution is 6.67. The van der Waals surface area contributed by atoms with Gasteiger partial charge < -0.3 is 19.5 Å². The zero-order chi connectivity index (χ0) is 30.4. The minimum Gasteiger partial charge on any atom is -0.497 e. The summed E-state index contributed by atoms with van der Waals surface area (Å²) in [7, 11) is 1.56. The van der Waals surface area contributed by atoms with Gasteiger partial charge in [-0.05, 0) is 62.9 Å². The van der Waals surface area contributed by atoms with Crippen molar-refractivity contribution in [3.05, 3.63) is 59.7 Å². The summed E-state index contributed by atoms with van der Waals surface area (Å²) in [5.74, 6) is 0.262. The molecule has 224 valence electrons. The molecule has 1 aliphatic heterocycles. The van der Waals surface area contributed by atoms with Gasteiger partial charge in [0.05, 0.1) is 13.2 Å². The van der Waals surface area contributed by atoms with Crippen molar-refractivity contribution >= 4 is 58.6 Å². The number of halogens is 3. The third-order valence-electron chi connectivity index (χ3n) is 6.41. The molecule has 2 aromatic carbocycles. The fourth-order valence-electron chi connectivity index (χ4n) is 4.47. The van der Waals surface area contributed by atoms with Crippen LogP contribution in [0.5, 0.6) is 5.75 Å². The maximum atomic E-state index is 13.6. The number of carbonyl (C=O) groups is 3. The second kappa shape index (κ2) is 13.9. The van der Waals surface area contributed by atoms with Crippen LogP contribution in [-0.4, -0.2) is 69.6 Å². The highest BCUT2D eigenvalue weighted by atomic mass is 35.6. The minimum absolute atomic E-state index is 0.0292. The van der Waals surface area contributed by atoms with Crippen LogP contribution in [0.3, 0.4) is 0 Å². The van der Waals surface area contributed by atoms with E-state index in [2.05, 4.69) is 5.32 Å². The molecule has 1 fully saturated rings. The highest BCUT2D eigenvalue weighted by Crippen LogP contribution is 2.30. The van der Waals surface area contributed by atoms with E-state index in [0.29, 0.717) is 17.9 Å². The lowest BCUT2D eigenvalue weighted by atomic mass is 10.1. The lowest BCUT2D eigenvalue weighted by molar-refractivity contribution is -0.120. The van der Waals surface area contributed by atoms with Crippen molar-refractivity contribution in [2.24, 2.45) is 0 Å². The molecule has 12 heteroatoms. The van der Waals surface area contributed by atoms with Gasteiger partial charge in [0, 0.05) is 18.8 Å². The number of methoxy groups -OCH3 is 1. The van der Waals surface area contributed by atoms with Gasteiger partial charge in [-0.25, -0.2) is 9.59 Å². The Balaban J connectivity index is 1.92. The number of alkyl halides is 3. The van der Waals surface area contributed by atoms with E-state index < -0.39 is 46.2 Å². The van der Waals surface area contributed by atoms with Gasteiger partial charge in [-0.15, -0.1) is 0 Å². The molecular formula is C29H36Cl3N3O6. The van der Waals surface area contributed by atoms with Gasteiger partial charge in [-0.1, -0.05) is 72.1 Å². The molecule has 0 unspecified atom stereocenters. The van der Waals surface area contributed by atoms with Gasteiger partial charge in [0.15, 0.2) is 0 Å². The Bertz CT molecular complexity index is 1210. The molecule has 1 N–H and O–H groups in total. The predicted octanol–water partition coefficient (Wildman–Crippen LogP) is 6.58. The topological polar surface area (TPSA) is 97.4 Å². The molecule has 0 aliphatic carbocycles. The van der Waals surface area contributed by atoms with Crippen molar-refractivity contribution < 1.29 is 28.6 Å². The Morgan fingerprint density at radius 1 is 1.05 bits per heavy atom. The second-order valence-electron chi connectivity index (χ2n) is 10.7. The first-order valence-electron chi connectivity index (χ1n) is 13.2. The Kier molecular flexibility index (Phi) is 11.0. The van der Waals surface area contributed by atoms with E-state index in [-0.39, 0.29) is 19.5 Å². The summed E-state index contributed by atoms with van der Waals surface area (Å²) in [5, 5.41) is 2.96. The van der Waals surface area contributed by atoms with E-state index in [4.69, 9.17) is 49.0 Å². The molecule has 3 amide bonds. The summed E-state index contributed by atoms with van der Waals surface area (Å²) in [6.07, 6.45) is -0.565. The van der Waals surface area contributed by atoms with Gasteiger partial charge in [0.25, 0.3) is 0 Å². The first kappa shape index (κ1) is 32.6. The van der Waals surface area contributed by atoms with Gasteiger partial charge in [-0.3, -0.25) is 14.6 Å². The first-order chi connectivity index (χ1) is 19.2. The molecule has 0 saturated carbocycles. The number of rotatable bonds is 8. The SMILES string of the molecule is CCc1ccccc1NC(=O)[C@@H]1C[C@H](N(Cc2ccc(OC)cc2)C(=O)OCC(Cl)(Cl)Cl)CN1C(=O)OC(C)(C)C. The molecule has 0 spiro atoms. The molecular weight excluding hydrogens is 593 g/mol. The van der Waals surface area contributed by atoms with Crippen LogP contribution in [0.4, 0.5) is 15.3 Å². The average molecular weight is 629 g/mol. The summed E-state index contributed by atoms with van der Waals surface area (Å²) >= 11 is 17.5. The minimum atomic E-state index is -1.81. The molecule has 2 aromatic rings. The number of likely N-dealkylation sites (tertiary alicyclic amines) is 1. The quantitative estimate of drug-likeness (QED) is 0.332. The third kappa shape index (κ3) is 9.58. The number of aryl methyl sites for hydroxylation is 1. The average Bonchev–Trinajstić information content (AvgIpc) is 3.35. The van der Waals surface area contributed by atoms with Crippen LogP contribution in [0.25, 0.3) is 0 Å². The molecule has 3 rings (SSSR count). The van der Waals surface area contributed by atoms with Crippen LogP contribution in [0, 0.1) is 0 Å². The van der Waals surface area contributed by atoms with Crippen LogP contribution < -0.4 is 10.1 Å². The Hall–Kier alpha value is -2.88. The molecule has 2 atom stereocenters. The zero-order valence-electron chi connectivity index (χ0n) is 23.8. The number of nitrogens with zero attached hydrogens (tertiary/aromatic N) is 2. The fourth-order valence-corrected chi connectivity index (χ4v) is 4.64. The number of ether oxygens (including phenoxy) is 3. The molecule has 0 radical (unpaired) electrons. The summed E-state index contributed by atoms with van der Waals surface area (Å²) in [4.78, 5) is 43.0. The Morgan fingerprint density at radius 3 is 2.29 bits per heavy atom. The maximum Gasteiger partial charge on any atom is 0.411 e. The van der Waals surface area contributed by atoms with Crippen molar-refractivity contribution in [3.8, 4) is 5.75 Å². The van der Waals surface area contributed by atoms with E-state index in [1.54, 1.807) is 52.1 Å². The molecule has 0 aromatic heterocycles. The number of para-hydroxylation sites is 1. The van der Waals surface area contributed by atoms with Crippen molar-refractivity contribution in [2.45, 2.75) is 68.6 Å². The van der Waals surface area contributed by atoms with Crippen LogP contribution in [0.15, 0.2) is 48.5 Å². The second-order valence-corrected chi connectivity index (χ2v) is 13.2. The summed E-state index contributed by atoms with van der Waals surface area (Å²) in [6.45, 7) is 6.89. The summed E-state index contributed by atoms with van der Waals surface area (Å²) in [6, 6.07) is 13.1.